The first kappa shape index (κ1) is 21.0. The maximum atomic E-state index is 12.6. The molecule has 4 nitrogen and oxygen atoms in total. The molecule has 0 atom stereocenters. The highest BCUT2D eigenvalue weighted by atomic mass is 35.5. The van der Waals surface area contributed by atoms with E-state index < -0.39 is 0 Å². The monoisotopic (exact) mass is 475 g/mol. The molecule has 0 radical (unpaired) electrons. The van der Waals surface area contributed by atoms with Gasteiger partial charge in [0.05, 0.1) is 27.2 Å². The number of thiocarbonyl (C=S) groups is 1. The van der Waals surface area contributed by atoms with Gasteiger partial charge in [0.2, 0.25) is 0 Å². The summed E-state index contributed by atoms with van der Waals surface area (Å²) in [6.45, 7) is 2.50. The average molecular weight is 476 g/mol. The van der Waals surface area contributed by atoms with Crippen molar-refractivity contribution in [3.63, 3.8) is 0 Å². The van der Waals surface area contributed by atoms with Crippen LogP contribution in [0.3, 0.4) is 0 Å². The highest BCUT2D eigenvalue weighted by molar-refractivity contribution is 8.20. The van der Waals surface area contributed by atoms with Gasteiger partial charge in [0, 0.05) is 5.56 Å². The molecule has 152 valence electrons. The molecule has 0 aliphatic carbocycles. The quantitative estimate of drug-likeness (QED) is 0.279. The second-order valence-electron chi connectivity index (χ2n) is 6.25. The Morgan fingerprint density at radius 1 is 1.13 bits per heavy atom. The lowest BCUT2D eigenvalue weighted by molar-refractivity contribution is 0.268. The predicted molar refractivity (Wildman–Crippen MR) is 128 cm³/mol. The first-order valence-electron chi connectivity index (χ1n) is 9.03. The van der Waals surface area contributed by atoms with E-state index in [2.05, 4.69) is 0 Å². The standard InChI is InChI=1S/C22H15Cl2NO3S2/c1-2-27-14-8-6-13(7-9-14)25-21(29)19(30-22(25)26)12-15-10-11-18(28-15)16-4-3-5-17(23)20(16)24/h3-12H,2H2,1H3/b19-12-. The summed E-state index contributed by atoms with van der Waals surface area (Å²) in [5, 5.41) is 0.713. The Kier molecular flexibility index (Phi) is 6.20. The first-order chi connectivity index (χ1) is 14.5. The number of anilines is 1. The van der Waals surface area contributed by atoms with Crippen molar-refractivity contribution < 1.29 is 13.9 Å². The fourth-order valence-electron chi connectivity index (χ4n) is 2.95. The highest BCUT2D eigenvalue weighted by Crippen LogP contribution is 2.39. The van der Waals surface area contributed by atoms with Crippen LogP contribution in [0.1, 0.15) is 12.7 Å². The van der Waals surface area contributed by atoms with Gasteiger partial charge < -0.3 is 9.15 Å². The van der Waals surface area contributed by atoms with E-state index in [1.54, 1.807) is 30.3 Å². The second kappa shape index (κ2) is 8.86. The highest BCUT2D eigenvalue weighted by Gasteiger charge is 2.33. The van der Waals surface area contributed by atoms with E-state index in [0.717, 1.165) is 17.5 Å². The minimum Gasteiger partial charge on any atom is -0.494 e. The van der Waals surface area contributed by atoms with Crippen molar-refractivity contribution in [3.8, 4) is 17.1 Å². The van der Waals surface area contributed by atoms with E-state index in [4.69, 9.17) is 44.6 Å². The maximum absolute atomic E-state index is 12.6. The zero-order chi connectivity index (χ0) is 21.3. The SMILES string of the molecule is CCOc1ccc(N2C(=O)S/C(=C\c3ccc(-c4cccc(Cl)c4Cl)o3)C2=S)cc1. The number of carbonyl (C=O) groups excluding carboxylic acids is 1. The van der Waals surface area contributed by atoms with Crippen molar-refractivity contribution in [2.45, 2.75) is 6.92 Å². The van der Waals surface area contributed by atoms with Gasteiger partial charge in [-0.2, -0.15) is 0 Å². The number of carbonyl (C=O) groups is 1. The van der Waals surface area contributed by atoms with Crippen LogP contribution in [0.4, 0.5) is 10.5 Å². The summed E-state index contributed by atoms with van der Waals surface area (Å²) in [4.78, 5) is 15.1. The fraction of sp³-hybridized carbons (Fsp3) is 0.0909. The predicted octanol–water partition coefficient (Wildman–Crippen LogP) is 7.69. The molecule has 0 saturated carbocycles. The van der Waals surface area contributed by atoms with E-state index in [1.807, 2.05) is 37.3 Å². The number of rotatable bonds is 5. The lowest BCUT2D eigenvalue weighted by Gasteiger charge is -2.15. The maximum Gasteiger partial charge on any atom is 0.296 e. The van der Waals surface area contributed by atoms with E-state index in [9.17, 15) is 4.79 Å². The summed E-state index contributed by atoms with van der Waals surface area (Å²) in [5.74, 6) is 1.88. The van der Waals surface area contributed by atoms with Crippen molar-refractivity contribution in [2.75, 3.05) is 11.5 Å². The zero-order valence-electron chi connectivity index (χ0n) is 15.7. The number of furan rings is 1. The molecule has 1 fully saturated rings. The Labute approximate surface area is 193 Å². The lowest BCUT2D eigenvalue weighted by atomic mass is 10.2. The van der Waals surface area contributed by atoms with Gasteiger partial charge in [-0.15, -0.1) is 0 Å². The van der Waals surface area contributed by atoms with Crippen LogP contribution in [0, 0.1) is 0 Å². The molecule has 3 aromatic rings. The summed E-state index contributed by atoms with van der Waals surface area (Å²) >= 11 is 19.0. The third-order valence-corrected chi connectivity index (χ3v) is 6.56. The van der Waals surface area contributed by atoms with Gasteiger partial charge in [0.25, 0.3) is 5.24 Å². The number of halogens is 2. The Morgan fingerprint density at radius 2 is 1.90 bits per heavy atom. The third kappa shape index (κ3) is 4.14. The molecule has 8 heteroatoms. The summed E-state index contributed by atoms with van der Waals surface area (Å²) in [7, 11) is 0. The largest absolute Gasteiger partial charge is 0.494 e. The topological polar surface area (TPSA) is 42.7 Å². The number of thioether (sulfide) groups is 1. The number of amides is 1. The molecule has 30 heavy (non-hydrogen) atoms. The van der Waals surface area contributed by atoms with Gasteiger partial charge in [0.1, 0.15) is 22.3 Å². The third-order valence-electron chi connectivity index (χ3n) is 4.32. The van der Waals surface area contributed by atoms with Crippen LogP contribution in [0.15, 0.2) is 63.9 Å². The molecule has 1 aromatic heterocycles. The van der Waals surface area contributed by atoms with E-state index >= 15 is 0 Å². The Balaban J connectivity index is 1.58. The molecule has 0 spiro atoms. The molecule has 1 aliphatic rings. The van der Waals surface area contributed by atoms with E-state index in [-0.39, 0.29) is 5.24 Å². The Bertz CT molecular complexity index is 1160. The average Bonchev–Trinajstić information content (AvgIpc) is 3.30. The van der Waals surface area contributed by atoms with Gasteiger partial charge >= 0.3 is 0 Å². The van der Waals surface area contributed by atoms with Crippen LogP contribution in [0.5, 0.6) is 5.75 Å². The molecule has 0 N–H and O–H groups in total. The number of ether oxygens (including phenoxy) is 1. The van der Waals surface area contributed by atoms with Gasteiger partial charge in [-0.25, -0.2) is 0 Å². The summed E-state index contributed by atoms with van der Waals surface area (Å²) in [6, 6.07) is 16.2. The zero-order valence-corrected chi connectivity index (χ0v) is 18.9. The molecule has 0 bridgehead atoms. The Morgan fingerprint density at radius 3 is 2.63 bits per heavy atom. The van der Waals surface area contributed by atoms with Crippen LogP contribution < -0.4 is 9.64 Å². The van der Waals surface area contributed by atoms with Gasteiger partial charge in [-0.1, -0.05) is 41.5 Å². The van der Waals surface area contributed by atoms with Crippen molar-refractivity contribution in [1.29, 1.82) is 0 Å². The minimum atomic E-state index is -0.167. The molecule has 2 aromatic carbocycles. The molecule has 1 aliphatic heterocycles. The molecule has 1 amide bonds. The van der Waals surface area contributed by atoms with Crippen LogP contribution in [-0.2, 0) is 0 Å². The van der Waals surface area contributed by atoms with Crippen LogP contribution >= 0.6 is 47.2 Å². The van der Waals surface area contributed by atoms with E-state index in [1.165, 1.54) is 4.90 Å². The smallest absolute Gasteiger partial charge is 0.296 e. The van der Waals surface area contributed by atoms with Crippen LogP contribution in [-0.4, -0.2) is 16.8 Å². The van der Waals surface area contributed by atoms with Gasteiger partial charge in [-0.3, -0.25) is 9.69 Å². The molecular weight excluding hydrogens is 461 g/mol. The molecule has 1 saturated heterocycles. The number of nitrogens with zero attached hydrogens (tertiary/aromatic N) is 1. The molecular formula is C22H15Cl2NO3S2. The lowest BCUT2D eigenvalue weighted by Crippen LogP contribution is -2.26. The second-order valence-corrected chi connectivity index (χ2v) is 8.41. The van der Waals surface area contributed by atoms with Crippen LogP contribution in [0.25, 0.3) is 17.4 Å². The normalized spacial score (nSPS) is 15.3. The van der Waals surface area contributed by atoms with E-state index in [0.29, 0.717) is 49.3 Å². The minimum absolute atomic E-state index is 0.167. The molecule has 4 rings (SSSR count). The number of hydrogen-bond donors (Lipinski definition) is 0. The van der Waals surface area contributed by atoms with Gasteiger partial charge in [0.15, 0.2) is 0 Å². The first-order valence-corrected chi connectivity index (χ1v) is 11.0. The van der Waals surface area contributed by atoms with Crippen LogP contribution in [0.2, 0.25) is 10.0 Å². The summed E-state index contributed by atoms with van der Waals surface area (Å²) < 4.78 is 11.3. The van der Waals surface area contributed by atoms with Crippen molar-refractivity contribution >= 4 is 69.2 Å². The fourth-order valence-corrected chi connectivity index (χ4v) is 4.60. The van der Waals surface area contributed by atoms with Crippen molar-refractivity contribution in [3.05, 3.63) is 75.3 Å². The number of benzene rings is 2. The number of hydrogen-bond acceptors (Lipinski definition) is 5. The molecule has 0 unspecified atom stereocenters. The summed E-state index contributed by atoms with van der Waals surface area (Å²) in [5.41, 5.74) is 1.39. The summed E-state index contributed by atoms with van der Waals surface area (Å²) in [6.07, 6.45) is 1.75. The molecule has 2 heterocycles. The van der Waals surface area contributed by atoms with Crippen molar-refractivity contribution in [2.24, 2.45) is 0 Å². The van der Waals surface area contributed by atoms with Crippen molar-refractivity contribution in [1.82, 2.24) is 0 Å². The van der Waals surface area contributed by atoms with Gasteiger partial charge in [-0.05, 0) is 73.3 Å². The Hall–Kier alpha value is -2.25.